The van der Waals surface area contributed by atoms with Gasteiger partial charge >= 0.3 is 6.09 Å². The molecule has 1 rings (SSSR count). The predicted octanol–water partition coefficient (Wildman–Crippen LogP) is 1.99. The number of carbonyl (C=O) groups excluding carboxylic acids is 2. The second-order valence-corrected chi connectivity index (χ2v) is 11.5. The zero-order chi connectivity index (χ0) is 22.3. The normalized spacial score (nSPS) is 24.4. The summed E-state index contributed by atoms with van der Waals surface area (Å²) in [5.41, 5.74) is -0.168. The summed E-state index contributed by atoms with van der Waals surface area (Å²) in [4.78, 5) is 26.5. The van der Waals surface area contributed by atoms with Crippen LogP contribution in [-0.2, 0) is 19.6 Å². The van der Waals surface area contributed by atoms with Crippen LogP contribution in [0.5, 0.6) is 0 Å². The van der Waals surface area contributed by atoms with E-state index in [1.807, 2.05) is 14.1 Å². The van der Waals surface area contributed by atoms with Crippen LogP contribution in [0.15, 0.2) is 4.99 Å². The Labute approximate surface area is 174 Å². The maximum atomic E-state index is 12.2. The van der Waals surface area contributed by atoms with E-state index < -0.39 is 16.2 Å². The third-order valence-corrected chi connectivity index (χ3v) is 6.19. The van der Waals surface area contributed by atoms with Gasteiger partial charge in [0.05, 0.1) is 32.9 Å². The number of isocyanates is 1. The summed E-state index contributed by atoms with van der Waals surface area (Å²) in [5.74, 6) is -0.277. The lowest BCUT2D eigenvalue weighted by molar-refractivity contribution is -0.890. The number of nitrogens with one attached hydrogen (secondary N) is 1. The molecule has 0 aromatic carbocycles. The number of ether oxygens (including phenoxy) is 1. The van der Waals surface area contributed by atoms with Gasteiger partial charge in [-0.3, -0.25) is 4.55 Å². The molecule has 0 bridgehead atoms. The molecule has 0 aliphatic heterocycles. The van der Waals surface area contributed by atoms with E-state index in [4.69, 9.17) is 9.29 Å². The molecule has 2 N–H and O–H groups in total. The predicted molar refractivity (Wildman–Crippen MR) is 110 cm³/mol. The summed E-state index contributed by atoms with van der Waals surface area (Å²) in [6, 6.07) is -0.0598. The van der Waals surface area contributed by atoms with E-state index in [2.05, 4.69) is 31.1 Å². The van der Waals surface area contributed by atoms with Gasteiger partial charge < -0.3 is 14.5 Å². The van der Waals surface area contributed by atoms with Crippen molar-refractivity contribution in [1.82, 2.24) is 5.32 Å². The first-order chi connectivity index (χ1) is 13.2. The lowest BCUT2D eigenvalue weighted by Gasteiger charge is -2.45. The number of aliphatic imine (C=N–C) groups is 1. The summed E-state index contributed by atoms with van der Waals surface area (Å²) in [6.07, 6.45) is 3.90. The fraction of sp³-hybridized carbons (Fsp3) is 0.895. The van der Waals surface area contributed by atoms with Gasteiger partial charge in [-0.2, -0.15) is 8.42 Å². The highest BCUT2D eigenvalue weighted by Gasteiger charge is 2.41. The van der Waals surface area contributed by atoms with Crippen LogP contribution in [-0.4, -0.2) is 81.8 Å². The van der Waals surface area contributed by atoms with Gasteiger partial charge in [0.2, 0.25) is 6.08 Å². The molecule has 2 unspecified atom stereocenters. The molecular formula is C19H36N3O6S+. The molecule has 0 aromatic rings. The van der Waals surface area contributed by atoms with E-state index in [1.165, 1.54) is 0 Å². The number of nitrogens with zero attached hydrogens (tertiary/aromatic N) is 2. The maximum absolute atomic E-state index is 12.2. The Morgan fingerprint density at radius 3 is 2.52 bits per heavy atom. The molecule has 10 heteroatoms. The minimum absolute atomic E-state index is 0.00920. The lowest BCUT2D eigenvalue weighted by Crippen LogP contribution is -2.48. The SMILES string of the molecule is CC1(C)CC(NC(=O)OCC[N+](C)(C)CCCS(=O)(=O)O)CC(C)(CN=C=O)C1. The van der Waals surface area contributed by atoms with E-state index in [-0.39, 0.29) is 29.2 Å². The highest BCUT2D eigenvalue weighted by atomic mass is 32.2. The topological polar surface area (TPSA) is 122 Å². The van der Waals surface area contributed by atoms with E-state index >= 15 is 0 Å². The van der Waals surface area contributed by atoms with Crippen molar-refractivity contribution in [1.29, 1.82) is 0 Å². The molecule has 0 heterocycles. The van der Waals surface area contributed by atoms with E-state index in [1.54, 1.807) is 6.08 Å². The Balaban J connectivity index is 2.47. The van der Waals surface area contributed by atoms with Crippen LogP contribution >= 0.6 is 0 Å². The standard InChI is InChI=1S/C19H35N3O6S/c1-18(2)11-16(12-19(3,13-18)14-20-15-23)21-17(24)28-9-8-22(4,5)7-6-10-29(25,26)27/h16H,6-14H2,1-5H3,(H-,21,24,25,26,27)/p+1. The average molecular weight is 435 g/mol. The molecule has 1 fully saturated rings. The number of alkyl carbamates (subject to hydrolysis) is 1. The molecule has 0 spiro atoms. The van der Waals surface area contributed by atoms with Crippen LogP contribution in [0.2, 0.25) is 0 Å². The van der Waals surface area contributed by atoms with E-state index in [0.29, 0.717) is 37.0 Å². The van der Waals surface area contributed by atoms with Crippen molar-refractivity contribution in [2.45, 2.75) is 52.5 Å². The summed E-state index contributed by atoms with van der Waals surface area (Å²) in [6.45, 7) is 8.01. The third-order valence-electron chi connectivity index (χ3n) is 5.39. The van der Waals surface area contributed by atoms with Crippen LogP contribution in [0.25, 0.3) is 0 Å². The fourth-order valence-electron chi connectivity index (χ4n) is 4.46. The zero-order valence-corrected chi connectivity index (χ0v) is 19.0. The molecule has 168 valence electrons. The second-order valence-electron chi connectivity index (χ2n) is 9.97. The van der Waals surface area contributed by atoms with Gasteiger partial charge in [0.15, 0.2) is 0 Å². The van der Waals surface area contributed by atoms with Crippen molar-refractivity contribution in [3.05, 3.63) is 0 Å². The van der Waals surface area contributed by atoms with E-state index in [0.717, 1.165) is 12.8 Å². The smallest absolute Gasteiger partial charge is 0.407 e. The first-order valence-corrected chi connectivity index (χ1v) is 11.5. The van der Waals surface area contributed by atoms with Crippen molar-refractivity contribution in [3.63, 3.8) is 0 Å². The molecule has 1 aliphatic rings. The first kappa shape index (κ1) is 25.6. The molecule has 1 amide bonds. The highest BCUT2D eigenvalue weighted by molar-refractivity contribution is 7.85. The van der Waals surface area contributed by atoms with Crippen LogP contribution in [0.4, 0.5) is 4.79 Å². The number of quaternary nitrogens is 1. The van der Waals surface area contributed by atoms with Crippen molar-refractivity contribution < 1.29 is 31.8 Å². The van der Waals surface area contributed by atoms with Crippen LogP contribution < -0.4 is 5.32 Å². The number of likely N-dealkylation sites (N-methyl/N-ethyl adjacent to an activating group) is 1. The summed E-state index contributed by atoms with van der Waals surface area (Å²) in [7, 11) is -0.134. The monoisotopic (exact) mass is 434 g/mol. The Hall–Kier alpha value is -1.48. The van der Waals surface area contributed by atoms with Gasteiger partial charge in [-0.25, -0.2) is 14.6 Å². The maximum Gasteiger partial charge on any atom is 0.407 e. The molecular weight excluding hydrogens is 398 g/mol. The Kier molecular flexibility index (Phi) is 8.83. The number of hydrogen-bond acceptors (Lipinski definition) is 6. The summed E-state index contributed by atoms with van der Waals surface area (Å²) < 4.78 is 36.2. The second kappa shape index (κ2) is 10.0. The van der Waals surface area contributed by atoms with Crippen molar-refractivity contribution in [2.75, 3.05) is 46.1 Å². The zero-order valence-electron chi connectivity index (χ0n) is 18.2. The molecule has 0 aromatic heterocycles. The van der Waals surface area contributed by atoms with Gasteiger partial charge in [0, 0.05) is 12.5 Å². The molecule has 1 aliphatic carbocycles. The van der Waals surface area contributed by atoms with E-state index in [9.17, 15) is 18.0 Å². The number of hydrogen-bond donors (Lipinski definition) is 2. The minimum atomic E-state index is -3.96. The van der Waals surface area contributed by atoms with Crippen molar-refractivity contribution in [3.8, 4) is 0 Å². The highest BCUT2D eigenvalue weighted by Crippen LogP contribution is 2.46. The Bertz CT molecular complexity index is 715. The van der Waals surface area contributed by atoms with Gasteiger partial charge in [-0.15, -0.1) is 0 Å². The lowest BCUT2D eigenvalue weighted by atomic mass is 9.62. The van der Waals surface area contributed by atoms with Crippen LogP contribution in [0.3, 0.4) is 0 Å². The van der Waals surface area contributed by atoms with Gasteiger partial charge in [0.1, 0.15) is 13.2 Å². The summed E-state index contributed by atoms with van der Waals surface area (Å²) in [5, 5.41) is 2.93. The third kappa shape index (κ3) is 10.7. The molecule has 9 nitrogen and oxygen atoms in total. The van der Waals surface area contributed by atoms with Crippen LogP contribution in [0, 0.1) is 10.8 Å². The van der Waals surface area contributed by atoms with Crippen LogP contribution in [0.1, 0.15) is 46.5 Å². The number of rotatable bonds is 10. The average Bonchev–Trinajstić information content (AvgIpc) is 2.49. The van der Waals surface area contributed by atoms with Gasteiger partial charge in [0.25, 0.3) is 10.1 Å². The summed E-state index contributed by atoms with van der Waals surface area (Å²) >= 11 is 0. The quantitative estimate of drug-likeness (QED) is 0.235. The van der Waals surface area contributed by atoms with Crippen molar-refractivity contribution in [2.24, 2.45) is 15.8 Å². The first-order valence-electron chi connectivity index (χ1n) is 9.90. The van der Waals surface area contributed by atoms with Gasteiger partial charge in [-0.1, -0.05) is 20.8 Å². The van der Waals surface area contributed by atoms with Gasteiger partial charge in [-0.05, 0) is 30.1 Å². The van der Waals surface area contributed by atoms with Crippen molar-refractivity contribution >= 4 is 22.3 Å². The number of amides is 1. The fourth-order valence-corrected chi connectivity index (χ4v) is 4.95. The number of carbonyl (C=O) groups is 1. The Morgan fingerprint density at radius 2 is 1.93 bits per heavy atom. The molecule has 1 saturated carbocycles. The molecule has 2 atom stereocenters. The molecule has 0 radical (unpaired) electrons. The largest absolute Gasteiger partial charge is 0.444 e. The Morgan fingerprint density at radius 1 is 1.28 bits per heavy atom. The molecule has 29 heavy (non-hydrogen) atoms. The minimum Gasteiger partial charge on any atom is -0.444 e. The molecule has 0 saturated heterocycles.